The molecule has 0 bridgehead atoms. The molecule has 0 saturated heterocycles. The van der Waals surface area contributed by atoms with E-state index in [4.69, 9.17) is 0 Å². The van der Waals surface area contributed by atoms with Gasteiger partial charge in [-0.3, -0.25) is 0 Å². The SMILES string of the molecule is CCN(C)[C@H](C)[C@@H](O)c1ccccc1. The van der Waals surface area contributed by atoms with Gasteiger partial charge in [0, 0.05) is 6.04 Å². The number of nitrogens with zero attached hydrogens (tertiary/aromatic N) is 1. The van der Waals surface area contributed by atoms with Crippen LogP contribution in [0.3, 0.4) is 0 Å². The summed E-state index contributed by atoms with van der Waals surface area (Å²) >= 11 is 0. The molecule has 0 radical (unpaired) electrons. The molecule has 0 amide bonds. The van der Waals surface area contributed by atoms with Gasteiger partial charge in [-0.2, -0.15) is 0 Å². The van der Waals surface area contributed by atoms with E-state index in [0.717, 1.165) is 12.1 Å². The monoisotopic (exact) mass is 193 g/mol. The van der Waals surface area contributed by atoms with Gasteiger partial charge >= 0.3 is 0 Å². The van der Waals surface area contributed by atoms with Crippen molar-refractivity contribution in [1.29, 1.82) is 0 Å². The first kappa shape index (κ1) is 11.2. The summed E-state index contributed by atoms with van der Waals surface area (Å²) in [5, 5.41) is 10.0. The van der Waals surface area contributed by atoms with E-state index in [-0.39, 0.29) is 6.04 Å². The zero-order chi connectivity index (χ0) is 10.6. The van der Waals surface area contributed by atoms with Gasteiger partial charge in [0.2, 0.25) is 0 Å². The first-order chi connectivity index (χ1) is 6.66. The standard InChI is InChI=1S/C12H19NO/c1-4-13(3)10(2)12(14)11-8-6-5-7-9-11/h5-10,12,14H,4H2,1-3H3/t10-,12-/m1/s1. The van der Waals surface area contributed by atoms with Crippen LogP contribution in [0.25, 0.3) is 0 Å². The number of rotatable bonds is 4. The zero-order valence-corrected chi connectivity index (χ0v) is 9.14. The van der Waals surface area contributed by atoms with E-state index < -0.39 is 6.10 Å². The molecule has 0 unspecified atom stereocenters. The number of hydrogen-bond acceptors (Lipinski definition) is 2. The van der Waals surface area contributed by atoms with Gasteiger partial charge < -0.3 is 10.0 Å². The van der Waals surface area contributed by atoms with Gasteiger partial charge in [0.15, 0.2) is 0 Å². The van der Waals surface area contributed by atoms with Crippen LogP contribution in [0.15, 0.2) is 30.3 Å². The summed E-state index contributed by atoms with van der Waals surface area (Å²) in [6.45, 7) is 5.08. The van der Waals surface area contributed by atoms with Crippen molar-refractivity contribution < 1.29 is 5.11 Å². The Kier molecular flexibility index (Phi) is 4.11. The molecule has 0 heterocycles. The molecule has 0 aliphatic carbocycles. The molecular formula is C12H19NO. The Morgan fingerprint density at radius 2 is 1.86 bits per heavy atom. The predicted molar refractivity (Wildman–Crippen MR) is 59.2 cm³/mol. The van der Waals surface area contributed by atoms with Gasteiger partial charge in [-0.15, -0.1) is 0 Å². The highest BCUT2D eigenvalue weighted by Crippen LogP contribution is 2.19. The lowest BCUT2D eigenvalue weighted by Gasteiger charge is -2.27. The van der Waals surface area contributed by atoms with Crippen molar-refractivity contribution >= 4 is 0 Å². The summed E-state index contributed by atoms with van der Waals surface area (Å²) in [7, 11) is 2.02. The van der Waals surface area contributed by atoms with Crippen LogP contribution < -0.4 is 0 Å². The summed E-state index contributed by atoms with van der Waals surface area (Å²) in [5.74, 6) is 0. The number of aliphatic hydroxyl groups excluding tert-OH is 1. The minimum Gasteiger partial charge on any atom is -0.387 e. The normalized spacial score (nSPS) is 15.5. The lowest BCUT2D eigenvalue weighted by Crippen LogP contribution is -2.34. The van der Waals surface area contributed by atoms with E-state index in [2.05, 4.69) is 11.8 Å². The van der Waals surface area contributed by atoms with Gasteiger partial charge in [-0.25, -0.2) is 0 Å². The van der Waals surface area contributed by atoms with Crippen molar-refractivity contribution in [3.63, 3.8) is 0 Å². The lowest BCUT2D eigenvalue weighted by atomic mass is 10.0. The van der Waals surface area contributed by atoms with Crippen LogP contribution in [0.2, 0.25) is 0 Å². The smallest absolute Gasteiger partial charge is 0.0942 e. The molecule has 0 saturated carbocycles. The van der Waals surface area contributed by atoms with Gasteiger partial charge in [-0.05, 0) is 26.1 Å². The van der Waals surface area contributed by atoms with Crippen LogP contribution in [0, 0.1) is 0 Å². The molecule has 0 fully saturated rings. The Hall–Kier alpha value is -0.860. The topological polar surface area (TPSA) is 23.5 Å². The van der Waals surface area contributed by atoms with E-state index in [1.165, 1.54) is 0 Å². The average molecular weight is 193 g/mol. The van der Waals surface area contributed by atoms with Crippen LogP contribution in [-0.4, -0.2) is 29.6 Å². The maximum Gasteiger partial charge on any atom is 0.0942 e. The zero-order valence-electron chi connectivity index (χ0n) is 9.14. The van der Waals surface area contributed by atoms with Crippen molar-refractivity contribution in [3.05, 3.63) is 35.9 Å². The molecule has 0 spiro atoms. The summed E-state index contributed by atoms with van der Waals surface area (Å²) in [6.07, 6.45) is -0.402. The third-order valence-corrected chi connectivity index (χ3v) is 2.79. The van der Waals surface area contributed by atoms with Crippen LogP contribution in [0.4, 0.5) is 0 Å². The van der Waals surface area contributed by atoms with Gasteiger partial charge in [0.05, 0.1) is 6.10 Å². The van der Waals surface area contributed by atoms with E-state index in [1.807, 2.05) is 44.3 Å². The fraction of sp³-hybridized carbons (Fsp3) is 0.500. The molecule has 1 aromatic carbocycles. The molecule has 1 aromatic rings. The Morgan fingerprint density at radius 3 is 2.36 bits per heavy atom. The molecule has 0 aliphatic heterocycles. The van der Waals surface area contributed by atoms with E-state index >= 15 is 0 Å². The number of hydrogen-bond donors (Lipinski definition) is 1. The maximum absolute atomic E-state index is 10.0. The second-order valence-corrected chi connectivity index (χ2v) is 3.67. The molecule has 0 aliphatic rings. The lowest BCUT2D eigenvalue weighted by molar-refractivity contribution is 0.0755. The second kappa shape index (κ2) is 5.13. The molecule has 0 aromatic heterocycles. The third kappa shape index (κ3) is 2.56. The fourth-order valence-corrected chi connectivity index (χ4v) is 1.46. The largest absolute Gasteiger partial charge is 0.387 e. The van der Waals surface area contributed by atoms with Crippen molar-refractivity contribution in [2.75, 3.05) is 13.6 Å². The predicted octanol–water partition coefficient (Wildman–Crippen LogP) is 2.06. The van der Waals surface area contributed by atoms with Crippen molar-refractivity contribution in [2.45, 2.75) is 26.0 Å². The van der Waals surface area contributed by atoms with Crippen LogP contribution in [0.1, 0.15) is 25.5 Å². The van der Waals surface area contributed by atoms with Crippen molar-refractivity contribution in [1.82, 2.24) is 4.90 Å². The second-order valence-electron chi connectivity index (χ2n) is 3.67. The molecule has 2 nitrogen and oxygen atoms in total. The fourth-order valence-electron chi connectivity index (χ4n) is 1.46. The highest BCUT2D eigenvalue weighted by atomic mass is 16.3. The van der Waals surface area contributed by atoms with E-state index in [0.29, 0.717) is 0 Å². The summed E-state index contributed by atoms with van der Waals surface area (Å²) in [6, 6.07) is 9.95. The quantitative estimate of drug-likeness (QED) is 0.791. The van der Waals surface area contributed by atoms with Crippen molar-refractivity contribution in [2.24, 2.45) is 0 Å². The molecule has 1 N–H and O–H groups in total. The molecule has 2 heteroatoms. The molecule has 78 valence electrons. The minimum absolute atomic E-state index is 0.155. The summed E-state index contributed by atoms with van der Waals surface area (Å²) < 4.78 is 0. The van der Waals surface area contributed by atoms with Crippen LogP contribution in [-0.2, 0) is 0 Å². The van der Waals surface area contributed by atoms with Crippen LogP contribution >= 0.6 is 0 Å². The highest BCUT2D eigenvalue weighted by molar-refractivity contribution is 5.18. The number of likely N-dealkylation sites (N-methyl/N-ethyl adjacent to an activating group) is 1. The van der Waals surface area contributed by atoms with Crippen molar-refractivity contribution in [3.8, 4) is 0 Å². The van der Waals surface area contributed by atoms with Gasteiger partial charge in [-0.1, -0.05) is 37.3 Å². The maximum atomic E-state index is 10.0. The Morgan fingerprint density at radius 1 is 1.29 bits per heavy atom. The number of aliphatic hydroxyl groups is 1. The third-order valence-electron chi connectivity index (χ3n) is 2.79. The summed E-state index contributed by atoms with van der Waals surface area (Å²) in [5.41, 5.74) is 0.986. The minimum atomic E-state index is -0.402. The number of benzene rings is 1. The first-order valence-corrected chi connectivity index (χ1v) is 5.10. The van der Waals surface area contributed by atoms with Gasteiger partial charge in [0.1, 0.15) is 0 Å². The Labute approximate surface area is 86.2 Å². The Balaban J connectivity index is 2.70. The molecule has 2 atom stereocenters. The Bertz CT molecular complexity index is 260. The molecule has 14 heavy (non-hydrogen) atoms. The van der Waals surface area contributed by atoms with E-state index in [9.17, 15) is 5.11 Å². The first-order valence-electron chi connectivity index (χ1n) is 5.10. The van der Waals surface area contributed by atoms with Gasteiger partial charge in [0.25, 0.3) is 0 Å². The van der Waals surface area contributed by atoms with Crippen LogP contribution in [0.5, 0.6) is 0 Å². The molecule has 1 rings (SSSR count). The van der Waals surface area contributed by atoms with E-state index in [1.54, 1.807) is 0 Å². The summed E-state index contributed by atoms with van der Waals surface area (Å²) in [4.78, 5) is 2.14. The highest BCUT2D eigenvalue weighted by Gasteiger charge is 2.18. The molecular weight excluding hydrogens is 174 g/mol. The average Bonchev–Trinajstić information content (AvgIpc) is 2.27.